The fraction of sp³-hybridized carbons (Fsp3) is 0.684. The summed E-state index contributed by atoms with van der Waals surface area (Å²) in [4.78, 5) is 0. The molecule has 1 aromatic carbocycles. The molecule has 21 heavy (non-hydrogen) atoms. The molecule has 0 fully saturated rings. The summed E-state index contributed by atoms with van der Waals surface area (Å²) in [5, 5.41) is 3.51. The molecule has 0 aliphatic rings. The summed E-state index contributed by atoms with van der Waals surface area (Å²) in [6.07, 6.45) is 3.57. The molecule has 120 valence electrons. The highest BCUT2D eigenvalue weighted by molar-refractivity contribution is 5.26. The van der Waals surface area contributed by atoms with Crippen LogP contribution in [0.2, 0.25) is 0 Å². The zero-order valence-electron chi connectivity index (χ0n) is 14.3. The predicted molar refractivity (Wildman–Crippen MR) is 91.6 cm³/mol. The summed E-state index contributed by atoms with van der Waals surface area (Å²) in [6, 6.07) is 8.66. The van der Waals surface area contributed by atoms with E-state index in [1.165, 1.54) is 24.0 Å². The Hall–Kier alpha value is -0.860. The van der Waals surface area contributed by atoms with E-state index in [0.29, 0.717) is 11.8 Å². The van der Waals surface area contributed by atoms with Gasteiger partial charge in [-0.25, -0.2) is 0 Å². The van der Waals surface area contributed by atoms with Gasteiger partial charge in [0.1, 0.15) is 0 Å². The first-order valence-corrected chi connectivity index (χ1v) is 8.48. The van der Waals surface area contributed by atoms with Crippen molar-refractivity contribution in [1.82, 2.24) is 5.32 Å². The molecule has 0 saturated carbocycles. The van der Waals surface area contributed by atoms with Crippen LogP contribution in [0, 0.1) is 11.8 Å². The van der Waals surface area contributed by atoms with Crippen LogP contribution < -0.4 is 5.32 Å². The lowest BCUT2D eigenvalue weighted by molar-refractivity contribution is 0.0889. The molecule has 2 heteroatoms. The standard InChI is InChI=1S/C19H33NO/c1-5-8-17(4)14-21-15-19-10-7-6-9-18(19)11-12-20-13-16(2)3/h6-7,9-10,16-17,20H,5,8,11-15H2,1-4H3. The number of rotatable bonds is 11. The summed E-state index contributed by atoms with van der Waals surface area (Å²) in [7, 11) is 0. The van der Waals surface area contributed by atoms with E-state index in [-0.39, 0.29) is 0 Å². The van der Waals surface area contributed by atoms with E-state index >= 15 is 0 Å². The SMILES string of the molecule is CCCC(C)COCc1ccccc1CCNCC(C)C. The lowest BCUT2D eigenvalue weighted by atomic mass is 10.0. The van der Waals surface area contributed by atoms with Gasteiger partial charge in [-0.1, -0.05) is 58.4 Å². The minimum Gasteiger partial charge on any atom is -0.376 e. The van der Waals surface area contributed by atoms with Crippen LogP contribution in [-0.4, -0.2) is 19.7 Å². The van der Waals surface area contributed by atoms with E-state index < -0.39 is 0 Å². The molecule has 1 aromatic rings. The Bertz CT molecular complexity index is 376. The molecule has 0 aliphatic heterocycles. The maximum atomic E-state index is 5.90. The zero-order chi connectivity index (χ0) is 15.5. The molecule has 0 heterocycles. The van der Waals surface area contributed by atoms with Gasteiger partial charge < -0.3 is 10.1 Å². The molecule has 0 spiro atoms. The second-order valence-corrected chi connectivity index (χ2v) is 6.53. The molecule has 0 radical (unpaired) electrons. The monoisotopic (exact) mass is 291 g/mol. The normalized spacial score (nSPS) is 12.8. The van der Waals surface area contributed by atoms with Gasteiger partial charge in [-0.3, -0.25) is 0 Å². The molecule has 0 bridgehead atoms. The van der Waals surface area contributed by atoms with E-state index in [1.54, 1.807) is 0 Å². The van der Waals surface area contributed by atoms with Crippen LogP contribution >= 0.6 is 0 Å². The Morgan fingerprint density at radius 1 is 1.10 bits per heavy atom. The smallest absolute Gasteiger partial charge is 0.0719 e. The highest BCUT2D eigenvalue weighted by Gasteiger charge is 2.04. The molecule has 1 N–H and O–H groups in total. The zero-order valence-corrected chi connectivity index (χ0v) is 14.3. The van der Waals surface area contributed by atoms with Gasteiger partial charge >= 0.3 is 0 Å². The van der Waals surface area contributed by atoms with Gasteiger partial charge in [-0.2, -0.15) is 0 Å². The first-order valence-electron chi connectivity index (χ1n) is 8.48. The maximum absolute atomic E-state index is 5.90. The van der Waals surface area contributed by atoms with Gasteiger partial charge in [0.25, 0.3) is 0 Å². The van der Waals surface area contributed by atoms with Gasteiger partial charge in [0.2, 0.25) is 0 Å². The van der Waals surface area contributed by atoms with Crippen LogP contribution in [0.25, 0.3) is 0 Å². The molecular formula is C19H33NO. The Labute approximate surface area is 131 Å². The van der Waals surface area contributed by atoms with Crippen molar-refractivity contribution < 1.29 is 4.74 Å². The molecule has 1 unspecified atom stereocenters. The second kappa shape index (κ2) is 10.8. The summed E-state index contributed by atoms with van der Waals surface area (Å²) >= 11 is 0. The van der Waals surface area contributed by atoms with E-state index in [4.69, 9.17) is 4.74 Å². The van der Waals surface area contributed by atoms with Crippen molar-refractivity contribution in [1.29, 1.82) is 0 Å². The van der Waals surface area contributed by atoms with Crippen LogP contribution in [0.5, 0.6) is 0 Å². The van der Waals surface area contributed by atoms with Gasteiger partial charge in [0.15, 0.2) is 0 Å². The third-order valence-electron chi connectivity index (χ3n) is 3.68. The van der Waals surface area contributed by atoms with Crippen LogP contribution in [0.15, 0.2) is 24.3 Å². The number of hydrogen-bond acceptors (Lipinski definition) is 2. The van der Waals surface area contributed by atoms with Crippen LogP contribution in [0.4, 0.5) is 0 Å². The molecule has 0 saturated heterocycles. The van der Waals surface area contributed by atoms with Crippen molar-refractivity contribution in [3.8, 4) is 0 Å². The molecular weight excluding hydrogens is 258 g/mol. The topological polar surface area (TPSA) is 21.3 Å². The minimum absolute atomic E-state index is 0.662. The molecule has 2 nitrogen and oxygen atoms in total. The van der Waals surface area contributed by atoms with Gasteiger partial charge in [-0.15, -0.1) is 0 Å². The van der Waals surface area contributed by atoms with Crippen molar-refractivity contribution in [2.24, 2.45) is 11.8 Å². The fourth-order valence-electron chi connectivity index (χ4n) is 2.50. The average Bonchev–Trinajstić information content (AvgIpc) is 2.45. The number of ether oxygens (including phenoxy) is 1. The molecule has 0 aromatic heterocycles. The number of benzene rings is 1. The van der Waals surface area contributed by atoms with Gasteiger partial charge in [-0.05, 0) is 48.9 Å². The highest BCUT2D eigenvalue weighted by atomic mass is 16.5. The quantitative estimate of drug-likeness (QED) is 0.609. The molecule has 0 aliphatic carbocycles. The Kier molecular flexibility index (Phi) is 9.36. The second-order valence-electron chi connectivity index (χ2n) is 6.53. The van der Waals surface area contributed by atoms with Crippen molar-refractivity contribution in [2.45, 2.75) is 53.6 Å². The van der Waals surface area contributed by atoms with Gasteiger partial charge in [0, 0.05) is 6.61 Å². The lowest BCUT2D eigenvalue weighted by Gasteiger charge is -2.14. The molecule has 0 amide bonds. The van der Waals surface area contributed by atoms with Crippen molar-refractivity contribution >= 4 is 0 Å². The van der Waals surface area contributed by atoms with E-state index in [0.717, 1.165) is 32.7 Å². The van der Waals surface area contributed by atoms with Crippen molar-refractivity contribution in [2.75, 3.05) is 19.7 Å². The first-order chi connectivity index (χ1) is 10.1. The average molecular weight is 291 g/mol. The fourth-order valence-corrected chi connectivity index (χ4v) is 2.50. The van der Waals surface area contributed by atoms with Crippen LogP contribution in [-0.2, 0) is 17.8 Å². The largest absolute Gasteiger partial charge is 0.376 e. The third kappa shape index (κ3) is 8.23. The number of hydrogen-bond donors (Lipinski definition) is 1. The Balaban J connectivity index is 2.36. The summed E-state index contributed by atoms with van der Waals surface area (Å²) < 4.78 is 5.90. The van der Waals surface area contributed by atoms with E-state index in [2.05, 4.69) is 57.3 Å². The van der Waals surface area contributed by atoms with Crippen molar-refractivity contribution in [3.63, 3.8) is 0 Å². The van der Waals surface area contributed by atoms with Gasteiger partial charge in [0.05, 0.1) is 6.61 Å². The van der Waals surface area contributed by atoms with Crippen LogP contribution in [0.1, 0.15) is 51.7 Å². The summed E-state index contributed by atoms with van der Waals surface area (Å²) in [5.41, 5.74) is 2.75. The minimum atomic E-state index is 0.662. The number of nitrogens with one attached hydrogen (secondary N) is 1. The lowest BCUT2D eigenvalue weighted by Crippen LogP contribution is -2.22. The maximum Gasteiger partial charge on any atom is 0.0719 e. The summed E-state index contributed by atoms with van der Waals surface area (Å²) in [5.74, 6) is 1.37. The Morgan fingerprint density at radius 3 is 2.48 bits per heavy atom. The highest BCUT2D eigenvalue weighted by Crippen LogP contribution is 2.12. The third-order valence-corrected chi connectivity index (χ3v) is 3.68. The first kappa shape index (κ1) is 18.2. The summed E-state index contributed by atoms with van der Waals surface area (Å²) in [6.45, 7) is 12.7. The Morgan fingerprint density at radius 2 is 1.81 bits per heavy atom. The van der Waals surface area contributed by atoms with Crippen LogP contribution in [0.3, 0.4) is 0 Å². The predicted octanol–water partition coefficient (Wildman–Crippen LogP) is 4.43. The van der Waals surface area contributed by atoms with E-state index in [1.807, 2.05) is 0 Å². The molecule has 1 rings (SSSR count). The van der Waals surface area contributed by atoms with Crippen molar-refractivity contribution in [3.05, 3.63) is 35.4 Å². The van der Waals surface area contributed by atoms with E-state index in [9.17, 15) is 0 Å². The molecule has 1 atom stereocenters.